The van der Waals surface area contributed by atoms with Gasteiger partial charge in [0, 0.05) is 11.1 Å². The lowest BCUT2D eigenvalue weighted by molar-refractivity contribution is 0.262. The summed E-state index contributed by atoms with van der Waals surface area (Å²) >= 11 is 12.0. The predicted molar refractivity (Wildman–Crippen MR) is 116 cm³/mol. The number of rotatable bonds is 2. The summed E-state index contributed by atoms with van der Waals surface area (Å²) in [6, 6.07) is 11.1. The highest BCUT2D eigenvalue weighted by atomic mass is 79.9. The summed E-state index contributed by atoms with van der Waals surface area (Å²) < 4.78 is 12.1. The number of fused-ring (bicyclic) bond motifs is 7. The van der Waals surface area contributed by atoms with Crippen LogP contribution in [0.4, 0.5) is 0 Å². The first-order valence-corrected chi connectivity index (χ1v) is 11.2. The fourth-order valence-electron chi connectivity index (χ4n) is 4.27. The van der Waals surface area contributed by atoms with Crippen molar-refractivity contribution >= 4 is 47.8 Å². The summed E-state index contributed by atoms with van der Waals surface area (Å²) in [5.74, 6) is 1.84. The number of hydrogen-bond donors (Lipinski definition) is 0. The molecule has 4 rings (SSSR count). The number of halogens is 3. The minimum Gasteiger partial charge on any atom is -0.496 e. The minimum atomic E-state index is -0.250. The van der Waals surface area contributed by atoms with Crippen LogP contribution in [0.15, 0.2) is 34.8 Å². The van der Waals surface area contributed by atoms with Crippen molar-refractivity contribution in [2.45, 2.75) is 40.8 Å². The molecule has 0 N–H and O–H groups in total. The van der Waals surface area contributed by atoms with Crippen LogP contribution in [-0.4, -0.2) is 14.2 Å². The molecular weight excluding hydrogens is 524 g/mol. The molecule has 0 aromatic heterocycles. The predicted octanol–water partition coefficient (Wildman–Crippen LogP) is 6.63. The van der Waals surface area contributed by atoms with Gasteiger partial charge in [0.15, 0.2) is 0 Å². The molecule has 2 aliphatic rings. The van der Waals surface area contributed by atoms with E-state index in [9.17, 15) is 0 Å². The van der Waals surface area contributed by atoms with Gasteiger partial charge >= 0.3 is 0 Å². The van der Waals surface area contributed by atoms with Crippen LogP contribution in [0.1, 0.15) is 41.5 Å². The van der Waals surface area contributed by atoms with E-state index in [1.807, 2.05) is 0 Å². The van der Waals surface area contributed by atoms with Crippen LogP contribution in [0.5, 0.6) is 11.5 Å². The molecule has 0 amide bonds. The molecule has 26 heavy (non-hydrogen) atoms. The number of alkyl halides is 2. The molecule has 0 saturated heterocycles. The van der Waals surface area contributed by atoms with E-state index in [0.29, 0.717) is 0 Å². The molecule has 0 aliphatic heterocycles. The number of hydrogen-bond acceptors (Lipinski definition) is 2. The van der Waals surface area contributed by atoms with Crippen molar-refractivity contribution in [2.75, 3.05) is 14.2 Å². The van der Waals surface area contributed by atoms with Crippen LogP contribution < -0.4 is 9.47 Å². The van der Waals surface area contributed by atoms with Gasteiger partial charge < -0.3 is 9.47 Å². The van der Waals surface area contributed by atoms with Crippen LogP contribution in [-0.2, 0) is 21.5 Å². The van der Waals surface area contributed by atoms with Crippen LogP contribution >= 0.6 is 47.8 Å². The molecule has 2 aromatic rings. The van der Waals surface area contributed by atoms with Crippen molar-refractivity contribution in [1.29, 1.82) is 0 Å². The van der Waals surface area contributed by atoms with E-state index in [-0.39, 0.29) is 8.65 Å². The lowest BCUT2D eigenvalue weighted by atomic mass is 9.65. The van der Waals surface area contributed by atoms with Crippen molar-refractivity contribution < 1.29 is 9.47 Å². The van der Waals surface area contributed by atoms with E-state index in [1.54, 1.807) is 14.2 Å². The maximum atomic E-state index is 5.80. The Balaban J connectivity index is 1.99. The second kappa shape index (κ2) is 6.82. The molecule has 0 heterocycles. The highest BCUT2D eigenvalue weighted by Gasteiger charge is 2.60. The van der Waals surface area contributed by atoms with Gasteiger partial charge in [-0.1, -0.05) is 50.1 Å². The van der Waals surface area contributed by atoms with Crippen molar-refractivity contribution in [3.63, 3.8) is 0 Å². The molecule has 138 valence electrons. The highest BCUT2D eigenvalue weighted by Crippen LogP contribution is 2.69. The first kappa shape index (κ1) is 18.8. The Hall–Kier alpha value is -0.520. The molecule has 1 saturated carbocycles. The smallest absolute Gasteiger partial charge is 0.137 e. The molecule has 2 aromatic carbocycles. The number of methoxy groups -OCH3 is 2. The zero-order chi connectivity index (χ0) is 18.5. The average molecular weight is 545 g/mol. The van der Waals surface area contributed by atoms with Gasteiger partial charge in [0.2, 0.25) is 0 Å². The van der Waals surface area contributed by atoms with E-state index in [1.165, 1.54) is 22.3 Å². The monoisotopic (exact) mass is 542 g/mol. The van der Waals surface area contributed by atoms with E-state index < -0.39 is 0 Å². The number of aryl methyl sites for hydroxylation is 2. The maximum Gasteiger partial charge on any atom is 0.137 e. The second-order valence-corrected chi connectivity index (χ2v) is 10.7. The maximum absolute atomic E-state index is 5.80. The molecule has 2 aliphatic carbocycles. The molecular formula is C21H21Br3O2. The van der Waals surface area contributed by atoms with E-state index in [2.05, 4.69) is 78.1 Å². The molecule has 2 nitrogen and oxygen atoms in total. The molecule has 2 atom stereocenters. The van der Waals surface area contributed by atoms with Gasteiger partial charge in [0.05, 0.1) is 27.3 Å². The summed E-state index contributed by atoms with van der Waals surface area (Å²) in [7, 11) is 3.49. The Morgan fingerprint density at radius 1 is 0.846 bits per heavy atom. The highest BCUT2D eigenvalue weighted by molar-refractivity contribution is 9.12. The summed E-state index contributed by atoms with van der Waals surface area (Å²) in [5.41, 5.74) is 5.12. The quantitative estimate of drug-likeness (QED) is 0.395. The van der Waals surface area contributed by atoms with Crippen LogP contribution in [0.25, 0.3) is 0 Å². The van der Waals surface area contributed by atoms with Gasteiger partial charge in [-0.25, -0.2) is 0 Å². The number of benzene rings is 2. The topological polar surface area (TPSA) is 18.5 Å². The first-order chi connectivity index (χ1) is 12.4. The van der Waals surface area contributed by atoms with Crippen LogP contribution in [0, 0.1) is 0 Å². The minimum absolute atomic E-state index is 0.239. The summed E-state index contributed by atoms with van der Waals surface area (Å²) in [5, 5.41) is 0. The van der Waals surface area contributed by atoms with Crippen molar-refractivity contribution in [1.82, 2.24) is 0 Å². The third kappa shape index (κ3) is 2.68. The van der Waals surface area contributed by atoms with E-state index in [4.69, 9.17) is 9.47 Å². The Morgan fingerprint density at radius 2 is 1.50 bits per heavy atom. The molecule has 2 unspecified atom stereocenters. The Labute approximate surface area is 180 Å². The molecule has 4 bridgehead atoms. The summed E-state index contributed by atoms with van der Waals surface area (Å²) in [6.07, 6.45) is 5.29. The Kier molecular flexibility index (Phi) is 4.94. The van der Waals surface area contributed by atoms with Crippen molar-refractivity contribution in [2.24, 2.45) is 0 Å². The normalized spacial score (nSPS) is 27.0. The van der Waals surface area contributed by atoms with Crippen molar-refractivity contribution in [3.8, 4) is 11.5 Å². The second-order valence-electron chi connectivity index (χ2n) is 7.15. The third-order valence-electron chi connectivity index (χ3n) is 5.80. The van der Waals surface area contributed by atoms with Crippen molar-refractivity contribution in [3.05, 3.63) is 57.1 Å². The zero-order valence-electron chi connectivity index (χ0n) is 14.9. The van der Waals surface area contributed by atoms with Gasteiger partial charge in [0.1, 0.15) is 11.5 Å². The molecule has 5 heteroatoms. The molecule has 0 radical (unpaired) electrons. The van der Waals surface area contributed by atoms with Gasteiger partial charge in [0.25, 0.3) is 0 Å². The Morgan fingerprint density at radius 3 is 2.15 bits per heavy atom. The van der Waals surface area contributed by atoms with Crippen LogP contribution in [0.3, 0.4) is 0 Å². The summed E-state index contributed by atoms with van der Waals surface area (Å²) in [4.78, 5) is 0. The molecule has 1 fully saturated rings. The largest absolute Gasteiger partial charge is 0.496 e. The standard InChI is InChI=1S/C21H21Br3O2/c1-25-18-7-6-13-4-3-5-14-11-16(19(26-2)17(22)12-14)21(24)9-8-20(21,23)15(18)10-13/h6-7,10-12H,3-5,8-9H2,1-2H3. The van der Waals surface area contributed by atoms with E-state index >= 15 is 0 Å². The van der Waals surface area contributed by atoms with Gasteiger partial charge in [-0.3, -0.25) is 0 Å². The lowest BCUT2D eigenvalue weighted by Crippen LogP contribution is -2.50. The number of ether oxygens (including phenoxy) is 2. The summed E-state index contributed by atoms with van der Waals surface area (Å²) in [6.45, 7) is 0. The van der Waals surface area contributed by atoms with Crippen LogP contribution in [0.2, 0.25) is 0 Å². The fourth-order valence-corrected chi connectivity index (χ4v) is 6.77. The zero-order valence-corrected chi connectivity index (χ0v) is 19.6. The Bertz CT molecular complexity index is 867. The lowest BCUT2D eigenvalue weighted by Gasteiger charge is -2.54. The van der Waals surface area contributed by atoms with Gasteiger partial charge in [-0.15, -0.1) is 0 Å². The first-order valence-electron chi connectivity index (χ1n) is 8.85. The molecule has 0 spiro atoms. The van der Waals surface area contributed by atoms with Gasteiger partial charge in [-0.2, -0.15) is 0 Å². The van der Waals surface area contributed by atoms with E-state index in [0.717, 1.165) is 48.1 Å². The average Bonchev–Trinajstić information content (AvgIpc) is 2.65. The fraction of sp³-hybridized carbons (Fsp3) is 0.429. The SMILES string of the molecule is COc1ccc2cc1C1(Br)CCC1(Br)c1cc(cc(Br)c1OC)CCC2. The van der Waals surface area contributed by atoms with Gasteiger partial charge in [-0.05, 0) is 71.3 Å². The third-order valence-corrected chi connectivity index (χ3v) is 9.92.